The van der Waals surface area contributed by atoms with Gasteiger partial charge in [0.25, 0.3) is 0 Å². The van der Waals surface area contributed by atoms with Gasteiger partial charge in [0.1, 0.15) is 11.6 Å². The van der Waals surface area contributed by atoms with Crippen molar-refractivity contribution in [2.24, 2.45) is 0 Å². The third-order valence-electron chi connectivity index (χ3n) is 6.84. The van der Waals surface area contributed by atoms with Crippen molar-refractivity contribution in [2.45, 2.75) is 45.6 Å². The Hall–Kier alpha value is -3.46. The standard InChI is InChI=1S/C31H29F2N/c1-30(2,3)34(27-16-9-8-15-25(27)32)28-18-17-20(19-26(28)33)21-12-10-13-23-22-11-6-7-14-24(22)31(4,5)29(21)23/h6-19H,1-5H3. The molecule has 1 aliphatic rings. The molecule has 0 atom stereocenters. The van der Waals surface area contributed by atoms with Crippen LogP contribution in [-0.4, -0.2) is 5.54 Å². The summed E-state index contributed by atoms with van der Waals surface area (Å²) in [5.41, 5.74) is 6.78. The van der Waals surface area contributed by atoms with Gasteiger partial charge in [0.2, 0.25) is 0 Å². The fourth-order valence-corrected chi connectivity index (χ4v) is 5.43. The van der Waals surface area contributed by atoms with Gasteiger partial charge in [-0.1, -0.05) is 74.5 Å². The highest BCUT2D eigenvalue weighted by Crippen LogP contribution is 2.52. The molecule has 1 nitrogen and oxygen atoms in total. The molecule has 4 aromatic carbocycles. The maximum absolute atomic E-state index is 15.8. The van der Waals surface area contributed by atoms with Crippen molar-refractivity contribution < 1.29 is 8.78 Å². The van der Waals surface area contributed by atoms with Gasteiger partial charge in [-0.2, -0.15) is 0 Å². The average Bonchev–Trinajstić information content (AvgIpc) is 3.03. The van der Waals surface area contributed by atoms with Crippen molar-refractivity contribution in [3.63, 3.8) is 0 Å². The molecule has 0 bridgehead atoms. The summed E-state index contributed by atoms with van der Waals surface area (Å²) in [5, 5.41) is 0. The number of rotatable bonds is 3. The fourth-order valence-electron chi connectivity index (χ4n) is 5.43. The Morgan fingerprint density at radius 3 is 1.97 bits per heavy atom. The first-order valence-electron chi connectivity index (χ1n) is 11.7. The Morgan fingerprint density at radius 2 is 1.26 bits per heavy atom. The highest BCUT2D eigenvalue weighted by atomic mass is 19.1. The van der Waals surface area contributed by atoms with Crippen LogP contribution in [-0.2, 0) is 5.41 Å². The second-order valence-electron chi connectivity index (χ2n) is 10.5. The van der Waals surface area contributed by atoms with E-state index >= 15 is 4.39 Å². The first kappa shape index (κ1) is 22.3. The van der Waals surface area contributed by atoms with Gasteiger partial charge < -0.3 is 4.90 Å². The summed E-state index contributed by atoms with van der Waals surface area (Å²) in [6.07, 6.45) is 0. The second-order valence-corrected chi connectivity index (χ2v) is 10.5. The number of halogens is 2. The maximum Gasteiger partial charge on any atom is 0.147 e. The van der Waals surface area contributed by atoms with E-state index in [0.29, 0.717) is 11.4 Å². The van der Waals surface area contributed by atoms with E-state index in [1.807, 2.05) is 32.9 Å². The predicted octanol–water partition coefficient (Wildman–Crippen LogP) is 8.87. The first-order valence-corrected chi connectivity index (χ1v) is 11.7. The highest BCUT2D eigenvalue weighted by Gasteiger charge is 2.37. The number of para-hydroxylation sites is 1. The van der Waals surface area contributed by atoms with Gasteiger partial charge in [0.05, 0.1) is 11.4 Å². The minimum Gasteiger partial charge on any atom is -0.331 e. The molecule has 3 heteroatoms. The lowest BCUT2D eigenvalue weighted by molar-refractivity contribution is 0.527. The molecular formula is C31H29F2N. The van der Waals surface area contributed by atoms with Crippen LogP contribution in [0.5, 0.6) is 0 Å². The smallest absolute Gasteiger partial charge is 0.147 e. The summed E-state index contributed by atoms with van der Waals surface area (Å²) in [6.45, 7) is 10.3. The molecule has 0 N–H and O–H groups in total. The molecule has 0 unspecified atom stereocenters. The van der Waals surface area contributed by atoms with Crippen molar-refractivity contribution >= 4 is 11.4 Å². The molecule has 0 spiro atoms. The van der Waals surface area contributed by atoms with Gasteiger partial charge in [-0.3, -0.25) is 0 Å². The third-order valence-corrected chi connectivity index (χ3v) is 6.84. The van der Waals surface area contributed by atoms with Gasteiger partial charge in [-0.15, -0.1) is 0 Å². The van der Waals surface area contributed by atoms with Gasteiger partial charge in [-0.05, 0) is 78.4 Å². The van der Waals surface area contributed by atoms with Crippen molar-refractivity contribution in [3.8, 4) is 22.3 Å². The van der Waals surface area contributed by atoms with Gasteiger partial charge in [0, 0.05) is 11.0 Å². The lowest BCUT2D eigenvalue weighted by Gasteiger charge is -2.38. The Morgan fingerprint density at radius 1 is 0.647 bits per heavy atom. The number of benzene rings is 4. The van der Waals surface area contributed by atoms with E-state index in [0.717, 1.165) is 11.1 Å². The maximum atomic E-state index is 15.8. The summed E-state index contributed by atoms with van der Waals surface area (Å²) in [5.74, 6) is -0.747. The summed E-state index contributed by atoms with van der Waals surface area (Å²) in [6, 6.07) is 26.6. The van der Waals surface area contributed by atoms with Crippen LogP contribution in [0.1, 0.15) is 45.7 Å². The SMILES string of the molecule is CC1(C)c2ccccc2-c2cccc(-c3ccc(N(c4ccccc4F)C(C)(C)C)c(F)c3)c21. The van der Waals surface area contributed by atoms with E-state index in [2.05, 4.69) is 50.2 Å². The molecule has 4 aromatic rings. The zero-order valence-electron chi connectivity index (χ0n) is 20.3. The molecule has 0 aromatic heterocycles. The highest BCUT2D eigenvalue weighted by molar-refractivity contribution is 5.88. The Kier molecular flexibility index (Phi) is 5.12. The zero-order valence-corrected chi connectivity index (χ0v) is 20.3. The monoisotopic (exact) mass is 453 g/mol. The lowest BCUT2D eigenvalue weighted by atomic mass is 9.79. The number of hydrogen-bond donors (Lipinski definition) is 0. The molecule has 0 aliphatic heterocycles. The summed E-state index contributed by atoms with van der Waals surface area (Å²) in [4.78, 5) is 1.73. The van der Waals surface area contributed by atoms with E-state index in [1.54, 1.807) is 35.2 Å². The summed E-state index contributed by atoms with van der Waals surface area (Å²) < 4.78 is 30.5. The topological polar surface area (TPSA) is 3.24 Å². The van der Waals surface area contributed by atoms with Crippen molar-refractivity contribution in [1.29, 1.82) is 0 Å². The van der Waals surface area contributed by atoms with Crippen LogP contribution in [0.15, 0.2) is 84.9 Å². The summed E-state index contributed by atoms with van der Waals surface area (Å²) >= 11 is 0. The largest absolute Gasteiger partial charge is 0.331 e. The zero-order chi connectivity index (χ0) is 24.3. The molecule has 172 valence electrons. The van der Waals surface area contributed by atoms with Crippen molar-refractivity contribution in [2.75, 3.05) is 4.90 Å². The molecule has 1 aliphatic carbocycles. The Balaban J connectivity index is 1.65. The molecule has 34 heavy (non-hydrogen) atoms. The van der Waals surface area contributed by atoms with Crippen LogP contribution in [0.25, 0.3) is 22.3 Å². The number of anilines is 2. The molecule has 0 fully saturated rings. The quantitative estimate of drug-likeness (QED) is 0.299. The van der Waals surface area contributed by atoms with E-state index in [-0.39, 0.29) is 17.0 Å². The Bertz CT molecular complexity index is 1390. The van der Waals surface area contributed by atoms with E-state index < -0.39 is 5.54 Å². The van der Waals surface area contributed by atoms with E-state index in [1.165, 1.54) is 28.3 Å². The number of fused-ring (bicyclic) bond motifs is 3. The average molecular weight is 454 g/mol. The molecule has 0 saturated heterocycles. The van der Waals surface area contributed by atoms with Crippen LogP contribution in [0, 0.1) is 11.6 Å². The number of hydrogen-bond acceptors (Lipinski definition) is 1. The van der Waals surface area contributed by atoms with Crippen molar-refractivity contribution in [3.05, 3.63) is 108 Å². The minimum atomic E-state index is -0.526. The fraction of sp³-hybridized carbons (Fsp3) is 0.226. The second kappa shape index (κ2) is 7.80. The number of nitrogens with zero attached hydrogens (tertiary/aromatic N) is 1. The van der Waals surface area contributed by atoms with Crippen LogP contribution < -0.4 is 4.90 Å². The van der Waals surface area contributed by atoms with Crippen LogP contribution in [0.3, 0.4) is 0 Å². The van der Waals surface area contributed by atoms with Gasteiger partial charge in [0.15, 0.2) is 0 Å². The van der Waals surface area contributed by atoms with E-state index in [4.69, 9.17) is 0 Å². The molecule has 0 saturated carbocycles. The molecule has 5 rings (SSSR count). The Labute approximate surface area is 200 Å². The molecule has 0 radical (unpaired) electrons. The van der Waals surface area contributed by atoms with Crippen LogP contribution in [0.2, 0.25) is 0 Å². The van der Waals surface area contributed by atoms with Crippen molar-refractivity contribution in [1.82, 2.24) is 0 Å². The lowest BCUT2D eigenvalue weighted by Crippen LogP contribution is -2.38. The van der Waals surface area contributed by atoms with Crippen LogP contribution in [0.4, 0.5) is 20.2 Å². The van der Waals surface area contributed by atoms with Crippen LogP contribution >= 0.6 is 0 Å². The van der Waals surface area contributed by atoms with E-state index in [9.17, 15) is 4.39 Å². The summed E-state index contributed by atoms with van der Waals surface area (Å²) in [7, 11) is 0. The normalized spacial score (nSPS) is 14.0. The van der Waals surface area contributed by atoms with Gasteiger partial charge in [-0.25, -0.2) is 8.78 Å². The predicted molar refractivity (Wildman–Crippen MR) is 138 cm³/mol. The van der Waals surface area contributed by atoms with Gasteiger partial charge >= 0.3 is 0 Å². The third kappa shape index (κ3) is 3.42. The molecule has 0 heterocycles. The molecular weight excluding hydrogens is 424 g/mol. The molecule has 0 amide bonds. The first-order chi connectivity index (χ1) is 16.1. The minimum absolute atomic E-state index is 0.192.